The number of nitro groups is 1. The molecule has 0 amide bonds. The van der Waals surface area contributed by atoms with Crippen LogP contribution < -0.4 is 0 Å². The van der Waals surface area contributed by atoms with E-state index in [-0.39, 0.29) is 17.0 Å². The molecule has 1 rings (SSSR count). The Labute approximate surface area is 92.4 Å². The van der Waals surface area contributed by atoms with Gasteiger partial charge in [0.05, 0.1) is 4.92 Å². The highest BCUT2D eigenvalue weighted by Gasteiger charge is 2.08. The summed E-state index contributed by atoms with van der Waals surface area (Å²) in [4.78, 5) is 9.53. The minimum atomic E-state index is -2.59. The molecule has 7 heteroatoms. The summed E-state index contributed by atoms with van der Waals surface area (Å²) in [7, 11) is -2.59. The molecule has 0 aliphatic heterocycles. The molecule has 0 bridgehead atoms. The van der Waals surface area contributed by atoms with Gasteiger partial charge >= 0.3 is 0 Å². The molecule has 0 saturated heterocycles. The third kappa shape index (κ3) is 2.90. The zero-order valence-electron chi connectivity index (χ0n) is 7.95. The standard InChI is InChI=1S/C9H6N2O4S/c10-6-9(16(14)15)5-7-2-1-3-8(4-7)11(12)13/h1-4H,5H2. The maximum absolute atomic E-state index is 10.6. The number of hydrogen-bond donors (Lipinski definition) is 0. The van der Waals surface area contributed by atoms with Gasteiger partial charge in [-0.2, -0.15) is 13.7 Å². The topological polar surface area (TPSA) is 101 Å². The highest BCUT2D eigenvalue weighted by molar-refractivity contribution is 7.73. The van der Waals surface area contributed by atoms with Crippen molar-refractivity contribution in [3.8, 4) is 6.07 Å². The van der Waals surface area contributed by atoms with Gasteiger partial charge in [0, 0.05) is 18.6 Å². The molecule has 6 nitrogen and oxygen atoms in total. The number of nitro benzene ring substituents is 1. The molecule has 1 aromatic carbocycles. The van der Waals surface area contributed by atoms with Gasteiger partial charge in [-0.3, -0.25) is 10.1 Å². The van der Waals surface area contributed by atoms with Gasteiger partial charge in [-0.05, 0) is 5.56 Å². The van der Waals surface area contributed by atoms with Crippen LogP contribution >= 0.6 is 0 Å². The summed E-state index contributed by atoms with van der Waals surface area (Å²) in [6.07, 6.45) is -0.131. The minimum absolute atomic E-state index is 0.131. The normalized spacial score (nSPS) is 9.19. The van der Waals surface area contributed by atoms with Crippen LogP contribution in [0.4, 0.5) is 5.69 Å². The van der Waals surface area contributed by atoms with Gasteiger partial charge in [-0.1, -0.05) is 12.1 Å². The fraction of sp³-hybridized carbons (Fsp3) is 0.111. The molecule has 0 heterocycles. The molecule has 0 N–H and O–H groups in total. The van der Waals surface area contributed by atoms with Crippen molar-refractivity contribution in [3.63, 3.8) is 0 Å². The maximum atomic E-state index is 10.6. The van der Waals surface area contributed by atoms with Gasteiger partial charge in [-0.15, -0.1) is 0 Å². The first kappa shape index (κ1) is 11.9. The summed E-state index contributed by atoms with van der Waals surface area (Å²) in [5.41, 5.74) is 0.279. The molecule has 1 aromatic rings. The molecule has 0 fully saturated rings. The van der Waals surface area contributed by atoms with E-state index in [4.69, 9.17) is 5.26 Å². The van der Waals surface area contributed by atoms with Gasteiger partial charge in [0.15, 0.2) is 4.86 Å². The second-order valence-corrected chi connectivity index (χ2v) is 3.84. The van der Waals surface area contributed by atoms with Gasteiger partial charge in [0.1, 0.15) is 6.07 Å². The lowest BCUT2D eigenvalue weighted by molar-refractivity contribution is -0.384. The minimum Gasteiger partial charge on any atom is -0.258 e. The zero-order chi connectivity index (χ0) is 12.1. The summed E-state index contributed by atoms with van der Waals surface area (Å²) >= 11 is 0. The fourth-order valence-corrected chi connectivity index (χ4v) is 1.46. The predicted molar refractivity (Wildman–Crippen MR) is 56.3 cm³/mol. The molecule has 0 spiro atoms. The number of hydrogen-bond acceptors (Lipinski definition) is 5. The van der Waals surface area contributed by atoms with Gasteiger partial charge in [-0.25, -0.2) is 0 Å². The van der Waals surface area contributed by atoms with Crippen LogP contribution in [0.5, 0.6) is 0 Å². The summed E-state index contributed by atoms with van der Waals surface area (Å²) in [5, 5.41) is 19.0. The second-order valence-electron chi connectivity index (χ2n) is 2.87. The zero-order valence-corrected chi connectivity index (χ0v) is 8.77. The van der Waals surface area contributed by atoms with E-state index in [9.17, 15) is 18.5 Å². The summed E-state index contributed by atoms with van der Waals surface area (Å²) < 4.78 is 21.1. The molecular formula is C9H6N2O4S. The van der Waals surface area contributed by atoms with Crippen LogP contribution in [0.2, 0.25) is 0 Å². The molecule has 0 unspecified atom stereocenters. The van der Waals surface area contributed by atoms with Crippen molar-refractivity contribution in [3.05, 3.63) is 39.9 Å². The average Bonchev–Trinajstić information content (AvgIpc) is 2.25. The maximum Gasteiger partial charge on any atom is 0.269 e. The number of rotatable bonds is 3. The Morgan fingerprint density at radius 2 is 2.19 bits per heavy atom. The molecule has 0 atom stereocenters. The number of nitriles is 1. The van der Waals surface area contributed by atoms with Crippen LogP contribution in [0.3, 0.4) is 0 Å². The van der Waals surface area contributed by atoms with Crippen molar-refractivity contribution in [2.75, 3.05) is 0 Å². The van der Waals surface area contributed by atoms with E-state index < -0.39 is 15.2 Å². The molecular weight excluding hydrogens is 232 g/mol. The Morgan fingerprint density at radius 1 is 1.50 bits per heavy atom. The molecule has 0 aromatic heterocycles. The van der Waals surface area contributed by atoms with Crippen LogP contribution in [0.1, 0.15) is 5.56 Å². The van der Waals surface area contributed by atoms with Crippen LogP contribution in [0.25, 0.3) is 0 Å². The van der Waals surface area contributed by atoms with Crippen molar-refractivity contribution >= 4 is 20.8 Å². The van der Waals surface area contributed by atoms with Crippen molar-refractivity contribution in [2.45, 2.75) is 6.42 Å². The molecule has 0 aliphatic carbocycles. The van der Waals surface area contributed by atoms with E-state index in [0.717, 1.165) is 0 Å². The fourth-order valence-electron chi connectivity index (χ4n) is 1.10. The number of nitrogens with zero attached hydrogens (tertiary/aromatic N) is 2. The summed E-state index contributed by atoms with van der Waals surface area (Å²) in [6, 6.07) is 7.03. The Morgan fingerprint density at radius 3 is 2.69 bits per heavy atom. The van der Waals surface area contributed by atoms with E-state index in [0.29, 0.717) is 5.56 Å². The third-order valence-corrected chi connectivity index (χ3v) is 2.45. The van der Waals surface area contributed by atoms with E-state index >= 15 is 0 Å². The second kappa shape index (κ2) is 5.04. The van der Waals surface area contributed by atoms with Crippen LogP contribution in [0, 0.1) is 21.4 Å². The van der Waals surface area contributed by atoms with E-state index in [1.165, 1.54) is 30.3 Å². The quantitative estimate of drug-likeness (QED) is 0.438. The Bertz CT molecular complexity index is 590. The first-order valence-electron chi connectivity index (χ1n) is 4.13. The lowest BCUT2D eigenvalue weighted by atomic mass is 10.1. The lowest BCUT2D eigenvalue weighted by Gasteiger charge is -1.96. The van der Waals surface area contributed by atoms with Crippen molar-refractivity contribution in [1.29, 1.82) is 5.26 Å². The Balaban J connectivity index is 3.09. The van der Waals surface area contributed by atoms with Crippen LogP contribution in [-0.4, -0.2) is 18.2 Å². The summed E-state index contributed by atoms with van der Waals surface area (Å²) in [5.74, 6) is 0. The molecule has 16 heavy (non-hydrogen) atoms. The van der Waals surface area contributed by atoms with Gasteiger partial charge < -0.3 is 0 Å². The van der Waals surface area contributed by atoms with Gasteiger partial charge in [0.25, 0.3) is 5.69 Å². The Kier molecular flexibility index (Phi) is 3.74. The first-order valence-corrected chi connectivity index (χ1v) is 5.20. The SMILES string of the molecule is N#CC(Cc1cccc([N+](=O)[O-])c1)=S(=O)=O. The van der Waals surface area contributed by atoms with E-state index in [1.54, 1.807) is 0 Å². The van der Waals surface area contributed by atoms with Crippen LogP contribution in [-0.2, 0) is 16.7 Å². The molecule has 0 saturated carbocycles. The first-order chi connectivity index (χ1) is 7.54. The van der Waals surface area contributed by atoms with Crippen molar-refractivity contribution in [2.24, 2.45) is 0 Å². The van der Waals surface area contributed by atoms with Crippen LogP contribution in [0.15, 0.2) is 24.3 Å². The highest BCUT2D eigenvalue weighted by atomic mass is 32.2. The molecule has 0 radical (unpaired) electrons. The lowest BCUT2D eigenvalue weighted by Crippen LogP contribution is -2.01. The number of non-ortho nitro benzene ring substituents is 1. The Hall–Kier alpha value is -2.20. The smallest absolute Gasteiger partial charge is 0.258 e. The van der Waals surface area contributed by atoms with E-state index in [1.807, 2.05) is 0 Å². The largest absolute Gasteiger partial charge is 0.269 e. The third-order valence-electron chi connectivity index (χ3n) is 1.81. The highest BCUT2D eigenvalue weighted by Crippen LogP contribution is 2.13. The monoisotopic (exact) mass is 238 g/mol. The predicted octanol–water partition coefficient (Wildman–Crippen LogP) is 0.712. The average molecular weight is 238 g/mol. The molecule has 0 aliphatic rings. The van der Waals surface area contributed by atoms with E-state index in [2.05, 4.69) is 0 Å². The number of benzene rings is 1. The van der Waals surface area contributed by atoms with Crippen molar-refractivity contribution in [1.82, 2.24) is 0 Å². The van der Waals surface area contributed by atoms with Gasteiger partial charge in [0.2, 0.25) is 10.3 Å². The van der Waals surface area contributed by atoms with Crippen molar-refractivity contribution < 1.29 is 13.3 Å². The molecule has 82 valence electrons. The summed E-state index contributed by atoms with van der Waals surface area (Å²) in [6.45, 7) is 0.